The van der Waals surface area contributed by atoms with E-state index in [-0.39, 0.29) is 34.9 Å². The average Bonchev–Trinajstić information content (AvgIpc) is 2.78. The lowest BCUT2D eigenvalue weighted by atomic mass is 9.78. The monoisotopic (exact) mass is 449 g/mol. The van der Waals surface area contributed by atoms with Crippen LogP contribution in [0.15, 0.2) is 53.4 Å². The van der Waals surface area contributed by atoms with Crippen LogP contribution in [0.25, 0.3) is 0 Å². The fourth-order valence-electron chi connectivity index (χ4n) is 4.08. The maximum Gasteiger partial charge on any atom is 0.306 e. The van der Waals surface area contributed by atoms with E-state index in [2.05, 4.69) is 0 Å². The molecule has 0 spiro atoms. The Balaban J connectivity index is 1.73. The van der Waals surface area contributed by atoms with Gasteiger partial charge in [-0.3, -0.25) is 4.79 Å². The highest BCUT2D eigenvalue weighted by Gasteiger charge is 2.34. The molecule has 1 aliphatic rings. The molecule has 1 saturated heterocycles. The Hall–Kier alpha value is -2.45. The first-order valence-electron chi connectivity index (χ1n) is 10.4. The molecular weight excluding hydrogens is 421 g/mol. The molecule has 2 aromatic rings. The Morgan fingerprint density at radius 2 is 1.71 bits per heavy atom. The summed E-state index contributed by atoms with van der Waals surface area (Å²) >= 11 is 0. The molecule has 0 aromatic heterocycles. The van der Waals surface area contributed by atoms with E-state index in [4.69, 9.17) is 9.47 Å². The molecule has 0 aliphatic carbocycles. The molecule has 1 aliphatic heterocycles. The van der Waals surface area contributed by atoms with E-state index in [1.807, 2.05) is 0 Å². The van der Waals surface area contributed by atoms with Gasteiger partial charge in [-0.05, 0) is 73.6 Å². The number of carbonyl (C=O) groups excluding carboxylic acids is 1. The van der Waals surface area contributed by atoms with E-state index in [9.17, 15) is 17.6 Å². The average molecular weight is 450 g/mol. The molecule has 0 bridgehead atoms. The lowest BCUT2D eigenvalue weighted by Gasteiger charge is -2.35. The molecule has 0 amide bonds. The second-order valence-electron chi connectivity index (χ2n) is 7.58. The zero-order chi connectivity index (χ0) is 22.4. The van der Waals surface area contributed by atoms with Crippen molar-refractivity contribution in [3.8, 4) is 5.75 Å². The smallest absolute Gasteiger partial charge is 0.306 e. The third kappa shape index (κ3) is 5.62. The summed E-state index contributed by atoms with van der Waals surface area (Å²) in [5, 5.41) is 0. The number of halogens is 1. The third-order valence-corrected chi connectivity index (χ3v) is 7.67. The number of hydrogen-bond donors (Lipinski definition) is 0. The minimum absolute atomic E-state index is 0.0946. The van der Waals surface area contributed by atoms with Gasteiger partial charge in [0.2, 0.25) is 10.0 Å². The molecule has 6 nitrogen and oxygen atoms in total. The van der Waals surface area contributed by atoms with Gasteiger partial charge in [-0.15, -0.1) is 0 Å². The molecule has 1 atom stereocenters. The summed E-state index contributed by atoms with van der Waals surface area (Å²) in [7, 11) is -2.07. The molecule has 2 aromatic carbocycles. The van der Waals surface area contributed by atoms with Crippen LogP contribution >= 0.6 is 0 Å². The predicted molar refractivity (Wildman–Crippen MR) is 115 cm³/mol. The number of esters is 1. The number of nitrogens with zero attached hydrogens (tertiary/aromatic N) is 1. The highest BCUT2D eigenvalue weighted by Crippen LogP contribution is 2.37. The van der Waals surface area contributed by atoms with Gasteiger partial charge in [-0.25, -0.2) is 12.8 Å². The maximum atomic E-state index is 13.4. The van der Waals surface area contributed by atoms with Crippen molar-refractivity contribution < 1.29 is 27.1 Å². The van der Waals surface area contributed by atoms with E-state index in [1.54, 1.807) is 43.3 Å². The largest absolute Gasteiger partial charge is 0.497 e. The summed E-state index contributed by atoms with van der Waals surface area (Å²) in [5.41, 5.74) is 0.867. The molecule has 0 radical (unpaired) electrons. The van der Waals surface area contributed by atoms with Crippen molar-refractivity contribution in [1.29, 1.82) is 0 Å². The van der Waals surface area contributed by atoms with Crippen LogP contribution < -0.4 is 4.74 Å². The summed E-state index contributed by atoms with van der Waals surface area (Å²) in [6, 6.07) is 12.5. The zero-order valence-corrected chi connectivity index (χ0v) is 18.6. The molecule has 1 fully saturated rings. The van der Waals surface area contributed by atoms with Crippen molar-refractivity contribution in [3.63, 3.8) is 0 Å². The molecule has 8 heteroatoms. The van der Waals surface area contributed by atoms with Crippen LogP contribution in [0, 0.1) is 11.7 Å². The Labute approximate surface area is 183 Å². The normalized spacial score (nSPS) is 16.6. The lowest BCUT2D eigenvalue weighted by Crippen LogP contribution is -2.40. The van der Waals surface area contributed by atoms with Crippen molar-refractivity contribution in [2.45, 2.75) is 37.0 Å². The second-order valence-corrected chi connectivity index (χ2v) is 9.52. The number of carbonyl (C=O) groups is 1. The number of benzene rings is 2. The van der Waals surface area contributed by atoms with Gasteiger partial charge in [-0.2, -0.15) is 4.31 Å². The summed E-state index contributed by atoms with van der Waals surface area (Å²) in [6.45, 7) is 2.78. The minimum Gasteiger partial charge on any atom is -0.497 e. The van der Waals surface area contributed by atoms with Gasteiger partial charge in [0.05, 0.1) is 25.0 Å². The number of sulfonamides is 1. The number of rotatable bonds is 8. The minimum atomic E-state index is -3.60. The third-order valence-electron chi connectivity index (χ3n) is 5.75. The van der Waals surface area contributed by atoms with Crippen molar-refractivity contribution in [3.05, 3.63) is 59.9 Å². The first-order chi connectivity index (χ1) is 14.8. The van der Waals surface area contributed by atoms with Gasteiger partial charge in [-0.1, -0.05) is 12.1 Å². The fourth-order valence-corrected chi connectivity index (χ4v) is 5.55. The van der Waals surface area contributed by atoms with Gasteiger partial charge in [0.15, 0.2) is 0 Å². The molecule has 168 valence electrons. The summed E-state index contributed by atoms with van der Waals surface area (Å²) in [5.74, 6) is -0.0920. The highest BCUT2D eigenvalue weighted by atomic mass is 32.2. The van der Waals surface area contributed by atoms with Gasteiger partial charge >= 0.3 is 5.97 Å². The van der Waals surface area contributed by atoms with Gasteiger partial charge in [0.25, 0.3) is 0 Å². The Bertz CT molecular complexity index is 968. The van der Waals surface area contributed by atoms with E-state index >= 15 is 0 Å². The van der Waals surface area contributed by atoms with E-state index in [0.717, 1.165) is 5.56 Å². The van der Waals surface area contributed by atoms with Crippen LogP contribution in [0.4, 0.5) is 4.39 Å². The topological polar surface area (TPSA) is 72.9 Å². The number of methoxy groups -OCH3 is 1. The van der Waals surface area contributed by atoms with Crippen molar-refractivity contribution in [2.75, 3.05) is 26.8 Å². The molecule has 0 saturated carbocycles. The van der Waals surface area contributed by atoms with Crippen molar-refractivity contribution in [2.24, 2.45) is 5.92 Å². The summed E-state index contributed by atoms with van der Waals surface area (Å²) in [6.07, 6.45) is 1.41. The van der Waals surface area contributed by atoms with Crippen LogP contribution in [0.1, 0.15) is 37.7 Å². The van der Waals surface area contributed by atoms with Gasteiger partial charge in [0.1, 0.15) is 11.6 Å². The Morgan fingerprint density at radius 3 is 2.26 bits per heavy atom. The summed E-state index contributed by atoms with van der Waals surface area (Å²) < 4.78 is 51.1. The zero-order valence-electron chi connectivity index (χ0n) is 17.8. The standard InChI is InChI=1S/C23H28FNO5S/c1-3-30-23(26)16-22(17-4-6-19(24)7-5-17)18-12-14-25(15-13-18)31(27,28)21-10-8-20(29-2)9-11-21/h4-11,18,22H,3,12-16H2,1-2H3/t22-/m1/s1. The highest BCUT2D eigenvalue weighted by molar-refractivity contribution is 7.89. The van der Waals surface area contributed by atoms with Gasteiger partial charge in [0, 0.05) is 13.1 Å². The molecule has 0 N–H and O–H groups in total. The molecule has 3 rings (SSSR count). The lowest BCUT2D eigenvalue weighted by molar-refractivity contribution is -0.144. The second kappa shape index (κ2) is 10.2. The van der Waals surface area contributed by atoms with Crippen LogP contribution in [-0.2, 0) is 19.6 Å². The number of hydrogen-bond acceptors (Lipinski definition) is 5. The van der Waals surface area contributed by atoms with E-state index in [1.165, 1.54) is 23.5 Å². The number of ether oxygens (including phenoxy) is 2. The maximum absolute atomic E-state index is 13.4. The van der Waals surface area contributed by atoms with E-state index < -0.39 is 10.0 Å². The number of piperidine rings is 1. The Morgan fingerprint density at radius 1 is 1.10 bits per heavy atom. The van der Waals surface area contributed by atoms with Crippen LogP contribution in [0.3, 0.4) is 0 Å². The van der Waals surface area contributed by atoms with Crippen LogP contribution in [0.5, 0.6) is 5.75 Å². The van der Waals surface area contributed by atoms with Crippen molar-refractivity contribution in [1.82, 2.24) is 4.31 Å². The SMILES string of the molecule is CCOC(=O)C[C@H](c1ccc(F)cc1)C1CCN(S(=O)(=O)c2ccc(OC)cc2)CC1. The van der Waals surface area contributed by atoms with Crippen molar-refractivity contribution >= 4 is 16.0 Å². The molecule has 1 heterocycles. The predicted octanol–water partition coefficient (Wildman–Crippen LogP) is 3.97. The Kier molecular flexibility index (Phi) is 7.67. The molecule has 0 unspecified atom stereocenters. The van der Waals surface area contributed by atoms with Gasteiger partial charge < -0.3 is 9.47 Å². The summed E-state index contributed by atoms with van der Waals surface area (Å²) in [4.78, 5) is 12.4. The van der Waals surface area contributed by atoms with Crippen LogP contribution in [-0.4, -0.2) is 45.5 Å². The fraction of sp³-hybridized carbons (Fsp3) is 0.435. The molecule has 31 heavy (non-hydrogen) atoms. The van der Waals surface area contributed by atoms with E-state index in [0.29, 0.717) is 38.3 Å². The molecular formula is C23H28FNO5S. The van der Waals surface area contributed by atoms with Crippen LogP contribution in [0.2, 0.25) is 0 Å². The first-order valence-corrected chi connectivity index (χ1v) is 11.8. The quantitative estimate of drug-likeness (QED) is 0.570. The first kappa shape index (κ1) is 23.2.